The fourth-order valence-electron chi connectivity index (χ4n) is 2.74. The number of rotatable bonds is 7. The van der Waals surface area contributed by atoms with Crippen molar-refractivity contribution in [2.75, 3.05) is 19.1 Å². The van der Waals surface area contributed by atoms with E-state index in [1.165, 1.54) is 12.1 Å². The van der Waals surface area contributed by atoms with Gasteiger partial charge in [0.25, 0.3) is 0 Å². The zero-order chi connectivity index (χ0) is 19.2. The second-order valence-corrected chi connectivity index (χ2v) is 6.83. The van der Waals surface area contributed by atoms with E-state index in [9.17, 15) is 4.39 Å². The summed E-state index contributed by atoms with van der Waals surface area (Å²) in [4.78, 5) is 6.47. The van der Waals surface area contributed by atoms with Crippen molar-refractivity contribution < 1.29 is 13.9 Å². The van der Waals surface area contributed by atoms with Crippen LogP contribution in [-0.4, -0.2) is 19.2 Å². The van der Waals surface area contributed by atoms with Gasteiger partial charge in [0.1, 0.15) is 27.7 Å². The molecule has 3 rings (SSSR count). The molecular weight excluding hydrogens is 411 g/mol. The van der Waals surface area contributed by atoms with Gasteiger partial charge in [-0.15, -0.1) is 0 Å². The maximum Gasteiger partial charge on any atom is 0.133 e. The van der Waals surface area contributed by atoms with Gasteiger partial charge in [-0.25, -0.2) is 9.37 Å². The Kier molecular flexibility index (Phi) is 6.29. The SMILES string of the molecule is COc1ccc(CN(Cc2ccc(OC)cc2)c2cc(F)cc(Br)n2)cc1. The predicted octanol–water partition coefficient (Wildman–Crippen LogP) is 5.21. The first kappa shape index (κ1) is 19.2. The Labute approximate surface area is 166 Å². The van der Waals surface area contributed by atoms with Gasteiger partial charge in [0.2, 0.25) is 0 Å². The second kappa shape index (κ2) is 8.86. The van der Waals surface area contributed by atoms with E-state index >= 15 is 0 Å². The molecule has 140 valence electrons. The molecule has 1 aromatic heterocycles. The third-order valence-electron chi connectivity index (χ3n) is 4.13. The van der Waals surface area contributed by atoms with Crippen LogP contribution in [0, 0.1) is 5.82 Å². The first-order valence-electron chi connectivity index (χ1n) is 8.41. The number of halogens is 2. The molecule has 2 aromatic carbocycles. The Balaban J connectivity index is 1.88. The highest BCUT2D eigenvalue weighted by atomic mass is 79.9. The van der Waals surface area contributed by atoms with Crippen LogP contribution in [0.4, 0.5) is 10.2 Å². The maximum absolute atomic E-state index is 13.9. The number of aromatic nitrogens is 1. The van der Waals surface area contributed by atoms with Crippen LogP contribution >= 0.6 is 15.9 Å². The molecule has 0 unspecified atom stereocenters. The Morgan fingerprint density at radius 3 is 1.74 bits per heavy atom. The molecule has 0 saturated carbocycles. The Bertz CT molecular complexity index is 816. The van der Waals surface area contributed by atoms with E-state index in [-0.39, 0.29) is 5.82 Å². The summed E-state index contributed by atoms with van der Waals surface area (Å²) >= 11 is 3.28. The average Bonchev–Trinajstić information content (AvgIpc) is 2.68. The topological polar surface area (TPSA) is 34.6 Å². The predicted molar refractivity (Wildman–Crippen MR) is 108 cm³/mol. The van der Waals surface area contributed by atoms with Crippen molar-refractivity contribution in [1.82, 2.24) is 4.98 Å². The van der Waals surface area contributed by atoms with Crippen molar-refractivity contribution >= 4 is 21.7 Å². The van der Waals surface area contributed by atoms with E-state index in [0.717, 1.165) is 22.6 Å². The van der Waals surface area contributed by atoms with Gasteiger partial charge in [0, 0.05) is 25.2 Å². The van der Waals surface area contributed by atoms with Gasteiger partial charge in [-0.3, -0.25) is 0 Å². The minimum atomic E-state index is -0.332. The van der Waals surface area contributed by atoms with Crippen molar-refractivity contribution in [3.63, 3.8) is 0 Å². The minimum Gasteiger partial charge on any atom is -0.497 e. The normalized spacial score (nSPS) is 10.5. The molecule has 0 amide bonds. The molecule has 4 nitrogen and oxygen atoms in total. The molecule has 0 saturated heterocycles. The van der Waals surface area contributed by atoms with Gasteiger partial charge >= 0.3 is 0 Å². The third kappa shape index (κ3) is 5.20. The molecule has 0 spiro atoms. The number of methoxy groups -OCH3 is 2. The zero-order valence-corrected chi connectivity index (χ0v) is 16.7. The van der Waals surface area contributed by atoms with Crippen LogP contribution in [0.2, 0.25) is 0 Å². The second-order valence-electron chi connectivity index (χ2n) is 6.02. The third-order valence-corrected chi connectivity index (χ3v) is 4.54. The molecule has 0 aliphatic rings. The van der Waals surface area contributed by atoms with Gasteiger partial charge in [0.05, 0.1) is 14.2 Å². The lowest BCUT2D eigenvalue weighted by atomic mass is 10.1. The van der Waals surface area contributed by atoms with Crippen molar-refractivity contribution in [3.8, 4) is 11.5 Å². The van der Waals surface area contributed by atoms with Crippen molar-refractivity contribution in [1.29, 1.82) is 0 Å². The van der Waals surface area contributed by atoms with Gasteiger partial charge in [0.15, 0.2) is 0 Å². The summed E-state index contributed by atoms with van der Waals surface area (Å²) in [5.41, 5.74) is 2.15. The van der Waals surface area contributed by atoms with Crippen LogP contribution in [0.25, 0.3) is 0 Å². The van der Waals surface area contributed by atoms with Crippen LogP contribution in [-0.2, 0) is 13.1 Å². The van der Waals surface area contributed by atoms with Gasteiger partial charge in [-0.05, 0) is 51.3 Å². The largest absolute Gasteiger partial charge is 0.497 e. The summed E-state index contributed by atoms with van der Waals surface area (Å²) in [7, 11) is 3.28. The number of ether oxygens (including phenoxy) is 2. The molecule has 27 heavy (non-hydrogen) atoms. The number of anilines is 1. The Hall–Kier alpha value is -2.60. The lowest BCUT2D eigenvalue weighted by Gasteiger charge is -2.24. The summed E-state index contributed by atoms with van der Waals surface area (Å²) in [6.45, 7) is 1.16. The summed E-state index contributed by atoms with van der Waals surface area (Å²) in [5.74, 6) is 1.83. The highest BCUT2D eigenvalue weighted by Crippen LogP contribution is 2.23. The van der Waals surface area contributed by atoms with E-state index in [2.05, 4.69) is 20.9 Å². The fourth-order valence-corrected chi connectivity index (χ4v) is 3.14. The molecule has 0 aliphatic carbocycles. The smallest absolute Gasteiger partial charge is 0.133 e. The monoisotopic (exact) mass is 430 g/mol. The van der Waals surface area contributed by atoms with E-state index in [0.29, 0.717) is 23.5 Å². The standard InChI is InChI=1S/C21H20BrFN2O2/c1-26-18-7-3-15(4-8-18)13-25(21-12-17(23)11-20(22)24-21)14-16-5-9-19(27-2)10-6-16/h3-12H,13-14H2,1-2H3. The summed E-state index contributed by atoms with van der Waals surface area (Å²) in [6, 6.07) is 18.4. The quantitative estimate of drug-likeness (QED) is 0.482. The van der Waals surface area contributed by atoms with Gasteiger partial charge in [-0.1, -0.05) is 24.3 Å². The zero-order valence-electron chi connectivity index (χ0n) is 15.2. The van der Waals surface area contributed by atoms with Crippen molar-refractivity contribution in [3.05, 3.63) is 82.2 Å². The molecule has 0 bridgehead atoms. The first-order chi connectivity index (χ1) is 13.1. The number of hydrogen-bond donors (Lipinski definition) is 0. The Morgan fingerprint density at radius 1 is 0.852 bits per heavy atom. The first-order valence-corrected chi connectivity index (χ1v) is 9.20. The number of pyridine rings is 1. The van der Waals surface area contributed by atoms with E-state index in [1.54, 1.807) is 14.2 Å². The molecule has 0 aliphatic heterocycles. The molecule has 0 fully saturated rings. The highest BCUT2D eigenvalue weighted by molar-refractivity contribution is 9.10. The van der Waals surface area contributed by atoms with Crippen LogP contribution in [0.15, 0.2) is 65.3 Å². The maximum atomic E-state index is 13.9. The van der Waals surface area contributed by atoms with Crippen LogP contribution in [0.1, 0.15) is 11.1 Å². The molecular formula is C21H20BrFN2O2. The van der Waals surface area contributed by atoms with E-state index in [1.807, 2.05) is 53.4 Å². The fraction of sp³-hybridized carbons (Fsp3) is 0.190. The lowest BCUT2D eigenvalue weighted by Crippen LogP contribution is -2.23. The summed E-state index contributed by atoms with van der Waals surface area (Å²) < 4.78 is 24.8. The van der Waals surface area contributed by atoms with Gasteiger partial charge in [-0.2, -0.15) is 0 Å². The molecule has 0 N–H and O–H groups in total. The minimum absolute atomic E-state index is 0.332. The molecule has 3 aromatic rings. The van der Waals surface area contributed by atoms with Crippen molar-refractivity contribution in [2.45, 2.75) is 13.1 Å². The molecule has 0 atom stereocenters. The van der Waals surface area contributed by atoms with Crippen LogP contribution in [0.3, 0.4) is 0 Å². The molecule has 6 heteroatoms. The number of hydrogen-bond acceptors (Lipinski definition) is 4. The average molecular weight is 431 g/mol. The summed E-state index contributed by atoms with van der Waals surface area (Å²) in [6.07, 6.45) is 0. The molecule has 1 heterocycles. The van der Waals surface area contributed by atoms with Crippen LogP contribution < -0.4 is 14.4 Å². The van der Waals surface area contributed by atoms with Crippen LogP contribution in [0.5, 0.6) is 11.5 Å². The highest BCUT2D eigenvalue weighted by Gasteiger charge is 2.13. The Morgan fingerprint density at radius 2 is 1.33 bits per heavy atom. The number of nitrogens with zero attached hydrogens (tertiary/aromatic N) is 2. The molecule has 0 radical (unpaired) electrons. The van der Waals surface area contributed by atoms with Crippen molar-refractivity contribution in [2.24, 2.45) is 0 Å². The van der Waals surface area contributed by atoms with E-state index in [4.69, 9.17) is 9.47 Å². The van der Waals surface area contributed by atoms with E-state index < -0.39 is 0 Å². The lowest BCUT2D eigenvalue weighted by molar-refractivity contribution is 0.414. The van der Waals surface area contributed by atoms with Gasteiger partial charge < -0.3 is 14.4 Å². The number of benzene rings is 2. The summed E-state index contributed by atoms with van der Waals surface area (Å²) in [5, 5.41) is 0.